The van der Waals surface area contributed by atoms with Crippen LogP contribution in [0.1, 0.15) is 17.3 Å². The van der Waals surface area contributed by atoms with Crippen LogP contribution in [0, 0.1) is 5.82 Å². The highest BCUT2D eigenvalue weighted by Crippen LogP contribution is 2.12. The zero-order chi connectivity index (χ0) is 12.8. The average Bonchev–Trinajstić information content (AvgIpc) is 2.30. The van der Waals surface area contributed by atoms with Crippen LogP contribution >= 0.6 is 0 Å². The highest BCUT2D eigenvalue weighted by molar-refractivity contribution is 5.91. The number of esters is 2. The largest absolute Gasteiger partial charge is 0.463 e. The molecule has 1 rings (SSSR count). The molecule has 0 bridgehead atoms. The van der Waals surface area contributed by atoms with Crippen molar-refractivity contribution in [2.24, 2.45) is 0 Å². The molecule has 0 aliphatic rings. The Morgan fingerprint density at radius 3 is 2.65 bits per heavy atom. The predicted molar refractivity (Wildman–Crippen MR) is 57.7 cm³/mol. The molecule has 0 atom stereocenters. The van der Waals surface area contributed by atoms with Crippen LogP contribution in [0.25, 0.3) is 0 Å². The van der Waals surface area contributed by atoms with Gasteiger partial charge in [-0.2, -0.15) is 0 Å². The summed E-state index contributed by atoms with van der Waals surface area (Å²) in [5, 5.41) is 0. The molecule has 0 amide bonds. The molecule has 0 fully saturated rings. The van der Waals surface area contributed by atoms with E-state index in [-0.39, 0.29) is 17.9 Å². The Morgan fingerprint density at radius 1 is 1.35 bits per heavy atom. The van der Waals surface area contributed by atoms with Crippen molar-refractivity contribution in [3.8, 4) is 0 Å². The zero-order valence-electron chi connectivity index (χ0n) is 9.23. The Morgan fingerprint density at radius 2 is 2.06 bits per heavy atom. The number of nitrogen functional groups attached to an aromatic ring is 1. The second-order valence-electron chi connectivity index (χ2n) is 3.12. The first-order valence-electron chi connectivity index (χ1n) is 4.92. The lowest BCUT2D eigenvalue weighted by Crippen LogP contribution is -2.16. The quantitative estimate of drug-likeness (QED) is 0.631. The molecule has 5 nitrogen and oxygen atoms in total. The van der Waals surface area contributed by atoms with Crippen LogP contribution in [0.2, 0.25) is 0 Å². The lowest BCUT2D eigenvalue weighted by molar-refractivity contribution is -0.146. The summed E-state index contributed by atoms with van der Waals surface area (Å²) in [7, 11) is 0. The van der Waals surface area contributed by atoms with Gasteiger partial charge in [0.1, 0.15) is 5.82 Å². The molecule has 92 valence electrons. The molecule has 6 heteroatoms. The summed E-state index contributed by atoms with van der Waals surface area (Å²) >= 11 is 0. The first-order valence-corrected chi connectivity index (χ1v) is 4.92. The van der Waals surface area contributed by atoms with E-state index in [1.165, 1.54) is 6.07 Å². The SMILES string of the molecule is CCOC(=O)COC(=O)c1ccc(F)c(N)c1. The minimum atomic E-state index is -0.759. The lowest BCUT2D eigenvalue weighted by atomic mass is 10.2. The topological polar surface area (TPSA) is 78.6 Å². The smallest absolute Gasteiger partial charge is 0.344 e. The molecule has 0 radical (unpaired) electrons. The highest BCUT2D eigenvalue weighted by Gasteiger charge is 2.12. The molecule has 0 unspecified atom stereocenters. The average molecular weight is 241 g/mol. The summed E-state index contributed by atoms with van der Waals surface area (Å²) in [6.45, 7) is 1.37. The van der Waals surface area contributed by atoms with Gasteiger partial charge in [-0.3, -0.25) is 0 Å². The van der Waals surface area contributed by atoms with E-state index in [2.05, 4.69) is 9.47 Å². The summed E-state index contributed by atoms with van der Waals surface area (Å²) in [5.41, 5.74) is 5.21. The molecule has 0 heterocycles. The summed E-state index contributed by atoms with van der Waals surface area (Å²) in [4.78, 5) is 22.3. The number of hydrogen-bond donors (Lipinski definition) is 1. The number of rotatable bonds is 4. The predicted octanol–water partition coefficient (Wildman–Crippen LogP) is 1.13. The molecular weight excluding hydrogens is 229 g/mol. The fourth-order valence-corrected chi connectivity index (χ4v) is 1.08. The molecule has 0 aliphatic carbocycles. The van der Waals surface area contributed by atoms with Crippen molar-refractivity contribution < 1.29 is 23.5 Å². The first-order chi connectivity index (χ1) is 8.04. The fourth-order valence-electron chi connectivity index (χ4n) is 1.08. The van der Waals surface area contributed by atoms with E-state index in [0.717, 1.165) is 12.1 Å². The molecule has 0 saturated heterocycles. The van der Waals surface area contributed by atoms with Crippen LogP contribution in [0.3, 0.4) is 0 Å². The van der Waals surface area contributed by atoms with Crippen molar-refractivity contribution in [1.82, 2.24) is 0 Å². The van der Waals surface area contributed by atoms with Gasteiger partial charge in [-0.25, -0.2) is 14.0 Å². The van der Waals surface area contributed by atoms with Gasteiger partial charge >= 0.3 is 11.9 Å². The molecular formula is C11H12FNO4. The number of anilines is 1. The van der Waals surface area contributed by atoms with Gasteiger partial charge in [0.15, 0.2) is 6.61 Å². The number of nitrogens with two attached hydrogens (primary N) is 1. The summed E-state index contributed by atoms with van der Waals surface area (Å²) in [5.74, 6) is -2.02. The Labute approximate surface area is 97.3 Å². The third-order valence-electron chi connectivity index (χ3n) is 1.86. The van der Waals surface area contributed by atoms with E-state index in [0.29, 0.717) is 0 Å². The van der Waals surface area contributed by atoms with E-state index in [1.807, 2.05) is 0 Å². The van der Waals surface area contributed by atoms with Crippen LogP contribution in [0.5, 0.6) is 0 Å². The number of carbonyl (C=O) groups excluding carboxylic acids is 2. The van der Waals surface area contributed by atoms with Gasteiger partial charge in [0.25, 0.3) is 0 Å². The fraction of sp³-hybridized carbons (Fsp3) is 0.273. The number of benzene rings is 1. The van der Waals surface area contributed by atoms with E-state index in [4.69, 9.17) is 5.73 Å². The van der Waals surface area contributed by atoms with Gasteiger partial charge < -0.3 is 15.2 Å². The normalized spacial score (nSPS) is 9.76. The van der Waals surface area contributed by atoms with Crippen LogP contribution in [0.15, 0.2) is 18.2 Å². The third-order valence-corrected chi connectivity index (χ3v) is 1.86. The van der Waals surface area contributed by atoms with Gasteiger partial charge in [-0.15, -0.1) is 0 Å². The van der Waals surface area contributed by atoms with Crippen LogP contribution in [0.4, 0.5) is 10.1 Å². The third kappa shape index (κ3) is 3.75. The minimum Gasteiger partial charge on any atom is -0.463 e. The number of carbonyl (C=O) groups is 2. The van der Waals surface area contributed by atoms with Gasteiger partial charge in [0, 0.05) is 0 Å². The lowest BCUT2D eigenvalue weighted by Gasteiger charge is -2.05. The molecule has 0 saturated carbocycles. The van der Waals surface area contributed by atoms with Crippen molar-refractivity contribution >= 4 is 17.6 Å². The van der Waals surface area contributed by atoms with E-state index >= 15 is 0 Å². The second-order valence-corrected chi connectivity index (χ2v) is 3.12. The van der Waals surface area contributed by atoms with E-state index < -0.39 is 24.4 Å². The Kier molecular flexibility index (Phi) is 4.45. The zero-order valence-corrected chi connectivity index (χ0v) is 9.23. The molecule has 1 aromatic rings. The molecule has 0 aliphatic heterocycles. The van der Waals surface area contributed by atoms with Crippen molar-refractivity contribution in [2.45, 2.75) is 6.92 Å². The maximum absolute atomic E-state index is 12.8. The van der Waals surface area contributed by atoms with Gasteiger partial charge in [-0.1, -0.05) is 0 Å². The molecule has 0 aromatic heterocycles. The molecule has 17 heavy (non-hydrogen) atoms. The number of hydrogen-bond acceptors (Lipinski definition) is 5. The summed E-state index contributed by atoms with van der Waals surface area (Å²) in [6, 6.07) is 3.41. The molecule has 0 spiro atoms. The standard InChI is InChI=1S/C11H12FNO4/c1-2-16-10(14)6-17-11(15)7-3-4-8(12)9(13)5-7/h3-5H,2,6,13H2,1H3. The van der Waals surface area contributed by atoms with Crippen molar-refractivity contribution in [3.63, 3.8) is 0 Å². The highest BCUT2D eigenvalue weighted by atomic mass is 19.1. The molecule has 2 N–H and O–H groups in total. The second kappa shape index (κ2) is 5.83. The minimum absolute atomic E-state index is 0.0770. The Balaban J connectivity index is 2.58. The van der Waals surface area contributed by atoms with Crippen LogP contribution in [-0.2, 0) is 14.3 Å². The van der Waals surface area contributed by atoms with Crippen LogP contribution < -0.4 is 5.73 Å². The van der Waals surface area contributed by atoms with Crippen molar-refractivity contribution in [1.29, 1.82) is 0 Å². The van der Waals surface area contributed by atoms with Gasteiger partial charge in [0.2, 0.25) is 0 Å². The summed E-state index contributed by atoms with van der Waals surface area (Å²) < 4.78 is 22.0. The van der Waals surface area contributed by atoms with Gasteiger partial charge in [0.05, 0.1) is 17.9 Å². The maximum atomic E-state index is 12.8. The van der Waals surface area contributed by atoms with Crippen LogP contribution in [-0.4, -0.2) is 25.2 Å². The summed E-state index contributed by atoms with van der Waals surface area (Å²) in [6.07, 6.45) is 0. The van der Waals surface area contributed by atoms with Crippen molar-refractivity contribution in [3.05, 3.63) is 29.6 Å². The van der Waals surface area contributed by atoms with E-state index in [1.54, 1.807) is 6.92 Å². The number of ether oxygens (including phenoxy) is 2. The Bertz CT molecular complexity index is 433. The Hall–Kier alpha value is -2.11. The first kappa shape index (κ1) is 13.0. The van der Waals surface area contributed by atoms with E-state index in [9.17, 15) is 14.0 Å². The number of halogens is 1. The van der Waals surface area contributed by atoms with Gasteiger partial charge in [-0.05, 0) is 25.1 Å². The van der Waals surface area contributed by atoms with Crippen molar-refractivity contribution in [2.75, 3.05) is 18.9 Å². The molecule has 1 aromatic carbocycles. The monoisotopic (exact) mass is 241 g/mol. The maximum Gasteiger partial charge on any atom is 0.344 e.